The van der Waals surface area contributed by atoms with Crippen LogP contribution in [-0.2, 0) is 16.0 Å². The molecule has 2 amide bonds. The van der Waals surface area contributed by atoms with Crippen molar-refractivity contribution in [1.82, 2.24) is 15.1 Å². The van der Waals surface area contributed by atoms with Crippen LogP contribution in [0.25, 0.3) is 0 Å². The second-order valence-electron chi connectivity index (χ2n) is 6.84. The first-order chi connectivity index (χ1) is 13.0. The highest BCUT2D eigenvalue weighted by Crippen LogP contribution is 2.18. The summed E-state index contributed by atoms with van der Waals surface area (Å²) >= 11 is 5.90. The van der Waals surface area contributed by atoms with Crippen LogP contribution in [0, 0.1) is 0 Å². The number of hydrogen-bond acceptors (Lipinski definition) is 3. The minimum Gasteiger partial charge on any atom is -0.340 e. The van der Waals surface area contributed by atoms with Gasteiger partial charge in [-0.15, -0.1) is 0 Å². The average Bonchev–Trinajstić information content (AvgIpc) is 2.69. The first-order valence-corrected chi connectivity index (χ1v) is 9.47. The van der Waals surface area contributed by atoms with Gasteiger partial charge < -0.3 is 15.1 Å². The monoisotopic (exact) mass is 385 g/mol. The van der Waals surface area contributed by atoms with Gasteiger partial charge in [-0.3, -0.25) is 9.59 Å². The molecule has 0 unspecified atom stereocenters. The summed E-state index contributed by atoms with van der Waals surface area (Å²) in [6.45, 7) is 3.02. The molecule has 142 valence electrons. The van der Waals surface area contributed by atoms with E-state index < -0.39 is 6.04 Å². The Labute approximate surface area is 164 Å². The number of carbonyl (C=O) groups is 2. The van der Waals surface area contributed by atoms with E-state index in [0.717, 1.165) is 24.2 Å². The Balaban J connectivity index is 1.73. The quantitative estimate of drug-likeness (QED) is 0.860. The zero-order valence-electron chi connectivity index (χ0n) is 15.4. The predicted octanol–water partition coefficient (Wildman–Crippen LogP) is 2.51. The molecule has 2 aromatic carbocycles. The van der Waals surface area contributed by atoms with E-state index in [4.69, 9.17) is 11.6 Å². The normalized spacial score (nSPS) is 16.0. The van der Waals surface area contributed by atoms with Gasteiger partial charge >= 0.3 is 0 Å². The van der Waals surface area contributed by atoms with Crippen molar-refractivity contribution in [3.05, 3.63) is 70.7 Å². The Hall–Kier alpha value is -2.37. The minimum atomic E-state index is -0.672. The smallest absolute Gasteiger partial charge is 0.249 e. The van der Waals surface area contributed by atoms with Gasteiger partial charge in [-0.25, -0.2) is 0 Å². The fourth-order valence-corrected chi connectivity index (χ4v) is 3.27. The average molecular weight is 386 g/mol. The van der Waals surface area contributed by atoms with Gasteiger partial charge in [0.15, 0.2) is 0 Å². The highest BCUT2D eigenvalue weighted by Gasteiger charge is 2.29. The largest absolute Gasteiger partial charge is 0.340 e. The summed E-state index contributed by atoms with van der Waals surface area (Å²) < 4.78 is 0. The van der Waals surface area contributed by atoms with Gasteiger partial charge in [0.2, 0.25) is 11.8 Å². The zero-order valence-corrected chi connectivity index (χ0v) is 16.2. The fraction of sp³-hybridized carbons (Fsp3) is 0.333. The maximum atomic E-state index is 13.1. The molecule has 1 N–H and O–H groups in total. The van der Waals surface area contributed by atoms with Gasteiger partial charge in [0.1, 0.15) is 6.04 Å². The predicted molar refractivity (Wildman–Crippen MR) is 107 cm³/mol. The first kappa shape index (κ1) is 19.4. The van der Waals surface area contributed by atoms with Crippen molar-refractivity contribution in [3.8, 4) is 0 Å². The molecule has 5 nitrogen and oxygen atoms in total. The van der Waals surface area contributed by atoms with Crippen molar-refractivity contribution in [1.29, 1.82) is 0 Å². The number of amides is 2. The van der Waals surface area contributed by atoms with Crippen molar-refractivity contribution in [2.45, 2.75) is 12.5 Å². The summed E-state index contributed by atoms with van der Waals surface area (Å²) in [5, 5.41) is 3.56. The van der Waals surface area contributed by atoms with Crippen LogP contribution in [-0.4, -0.2) is 54.8 Å². The number of hydrogen-bond donors (Lipinski definition) is 1. The summed E-state index contributed by atoms with van der Waals surface area (Å²) in [4.78, 5) is 29.7. The van der Waals surface area contributed by atoms with Crippen molar-refractivity contribution in [3.63, 3.8) is 0 Å². The molecule has 0 radical (unpaired) electrons. The summed E-state index contributed by atoms with van der Waals surface area (Å²) in [6, 6.07) is 15.9. The Morgan fingerprint density at radius 1 is 1.00 bits per heavy atom. The van der Waals surface area contributed by atoms with Crippen LogP contribution in [0.2, 0.25) is 5.02 Å². The molecular weight excluding hydrogens is 362 g/mol. The van der Waals surface area contributed by atoms with E-state index in [-0.39, 0.29) is 18.2 Å². The lowest BCUT2D eigenvalue weighted by atomic mass is 10.0. The van der Waals surface area contributed by atoms with Crippen molar-refractivity contribution >= 4 is 23.4 Å². The maximum absolute atomic E-state index is 13.1. The van der Waals surface area contributed by atoms with Gasteiger partial charge in [-0.2, -0.15) is 0 Å². The lowest BCUT2D eigenvalue weighted by molar-refractivity contribution is -0.137. The summed E-state index contributed by atoms with van der Waals surface area (Å²) in [7, 11) is 2.05. The second-order valence-corrected chi connectivity index (χ2v) is 7.28. The molecule has 2 aromatic rings. The number of nitrogens with zero attached hydrogens (tertiary/aromatic N) is 2. The lowest BCUT2D eigenvalue weighted by Gasteiger charge is -2.35. The Morgan fingerprint density at radius 3 is 2.26 bits per heavy atom. The van der Waals surface area contributed by atoms with Gasteiger partial charge in [-0.1, -0.05) is 54.1 Å². The molecule has 1 saturated heterocycles. The van der Waals surface area contributed by atoms with Crippen LogP contribution >= 0.6 is 11.6 Å². The number of rotatable bonds is 5. The number of nitrogens with one attached hydrogen (secondary N) is 1. The molecule has 0 bridgehead atoms. The van der Waals surface area contributed by atoms with E-state index in [1.54, 1.807) is 12.1 Å². The molecule has 1 heterocycles. The molecule has 1 aliphatic rings. The molecule has 6 heteroatoms. The number of benzene rings is 2. The van der Waals surface area contributed by atoms with Gasteiger partial charge in [-0.05, 0) is 30.3 Å². The first-order valence-electron chi connectivity index (χ1n) is 9.09. The fourth-order valence-electron chi connectivity index (χ4n) is 3.14. The van der Waals surface area contributed by atoms with E-state index in [0.29, 0.717) is 18.1 Å². The number of piperazine rings is 1. The highest BCUT2D eigenvalue weighted by molar-refractivity contribution is 6.30. The molecule has 1 fully saturated rings. The molecule has 0 aromatic heterocycles. The molecular formula is C21H24ClN3O2. The van der Waals surface area contributed by atoms with Gasteiger partial charge in [0, 0.05) is 31.2 Å². The molecule has 3 rings (SSSR count). The van der Waals surface area contributed by atoms with E-state index >= 15 is 0 Å². The Morgan fingerprint density at radius 2 is 1.63 bits per heavy atom. The molecule has 0 spiro atoms. The third-order valence-corrected chi connectivity index (χ3v) is 5.03. The number of halogens is 1. The van der Waals surface area contributed by atoms with Crippen LogP contribution in [0.15, 0.2) is 54.6 Å². The van der Waals surface area contributed by atoms with E-state index in [9.17, 15) is 9.59 Å². The summed E-state index contributed by atoms with van der Waals surface area (Å²) in [5.41, 5.74) is 1.65. The van der Waals surface area contributed by atoms with E-state index in [1.807, 2.05) is 54.4 Å². The van der Waals surface area contributed by atoms with Gasteiger partial charge in [0.25, 0.3) is 0 Å². The molecule has 27 heavy (non-hydrogen) atoms. The third kappa shape index (κ3) is 5.31. The lowest BCUT2D eigenvalue weighted by Crippen LogP contribution is -2.51. The van der Waals surface area contributed by atoms with Crippen molar-refractivity contribution in [2.75, 3.05) is 33.2 Å². The number of carbonyl (C=O) groups excluding carboxylic acids is 2. The molecule has 1 atom stereocenters. The molecule has 0 saturated carbocycles. The maximum Gasteiger partial charge on any atom is 0.249 e. The molecule has 0 aliphatic carbocycles. The Kier molecular flexibility index (Phi) is 6.48. The van der Waals surface area contributed by atoms with E-state index in [2.05, 4.69) is 10.2 Å². The second kappa shape index (κ2) is 9.02. The minimum absolute atomic E-state index is 0.0567. The molecule has 1 aliphatic heterocycles. The van der Waals surface area contributed by atoms with Crippen LogP contribution in [0.4, 0.5) is 0 Å². The highest BCUT2D eigenvalue weighted by atomic mass is 35.5. The van der Waals surface area contributed by atoms with Crippen LogP contribution in [0.3, 0.4) is 0 Å². The van der Waals surface area contributed by atoms with Gasteiger partial charge in [0.05, 0.1) is 6.42 Å². The topological polar surface area (TPSA) is 52.6 Å². The standard InChI is InChI=1S/C21H24ClN3O2/c1-24-11-13-25(14-12-24)21(27)20(17-5-3-2-4-6-17)23-19(26)15-16-7-9-18(22)10-8-16/h2-10,20H,11-15H2,1H3,(H,23,26)/t20-/m0/s1. The SMILES string of the molecule is CN1CCN(C(=O)[C@@H](NC(=O)Cc2ccc(Cl)cc2)c2ccccc2)CC1. The zero-order chi connectivity index (χ0) is 19.2. The summed E-state index contributed by atoms with van der Waals surface area (Å²) in [5.74, 6) is -0.243. The van der Waals surface area contributed by atoms with Crippen molar-refractivity contribution < 1.29 is 9.59 Å². The van der Waals surface area contributed by atoms with Crippen LogP contribution < -0.4 is 5.32 Å². The van der Waals surface area contributed by atoms with E-state index in [1.165, 1.54) is 0 Å². The summed E-state index contributed by atoms with van der Waals surface area (Å²) in [6.07, 6.45) is 0.205. The third-order valence-electron chi connectivity index (χ3n) is 4.78. The number of likely N-dealkylation sites (N-methyl/N-ethyl adjacent to an activating group) is 1. The van der Waals surface area contributed by atoms with Crippen LogP contribution in [0.1, 0.15) is 17.2 Å². The van der Waals surface area contributed by atoms with Crippen LogP contribution in [0.5, 0.6) is 0 Å². The van der Waals surface area contributed by atoms with Crippen molar-refractivity contribution in [2.24, 2.45) is 0 Å². The Bertz CT molecular complexity index is 772.